The van der Waals surface area contributed by atoms with E-state index in [0.717, 1.165) is 13.0 Å². The summed E-state index contributed by atoms with van der Waals surface area (Å²) in [7, 11) is 0. The van der Waals surface area contributed by atoms with Gasteiger partial charge < -0.3 is 10.0 Å². The van der Waals surface area contributed by atoms with Crippen LogP contribution >= 0.6 is 0 Å². The predicted molar refractivity (Wildman–Crippen MR) is 62.8 cm³/mol. The van der Waals surface area contributed by atoms with Crippen molar-refractivity contribution in [2.75, 3.05) is 19.6 Å². The van der Waals surface area contributed by atoms with Crippen molar-refractivity contribution in [2.45, 2.75) is 52.1 Å². The smallest absolute Gasteiger partial charge is 0.0580 e. The lowest BCUT2D eigenvalue weighted by atomic mass is 9.75. The number of aliphatic hydroxyl groups is 1. The molecule has 0 aromatic rings. The normalized spacial score (nSPS) is 35.4. The molecule has 0 radical (unpaired) electrons. The van der Waals surface area contributed by atoms with Gasteiger partial charge in [0.15, 0.2) is 0 Å². The fourth-order valence-electron chi connectivity index (χ4n) is 3.29. The second-order valence-electron chi connectivity index (χ2n) is 5.64. The molecule has 2 aliphatic rings. The van der Waals surface area contributed by atoms with E-state index in [9.17, 15) is 5.11 Å². The molecule has 1 aliphatic heterocycles. The molecule has 88 valence electrons. The zero-order valence-corrected chi connectivity index (χ0v) is 10.2. The molecule has 0 spiro atoms. The third-order valence-electron chi connectivity index (χ3n) is 4.73. The topological polar surface area (TPSA) is 23.5 Å². The van der Waals surface area contributed by atoms with Gasteiger partial charge in [0.2, 0.25) is 0 Å². The van der Waals surface area contributed by atoms with Gasteiger partial charge >= 0.3 is 0 Å². The van der Waals surface area contributed by atoms with Gasteiger partial charge in [-0.05, 0) is 37.0 Å². The average molecular weight is 211 g/mol. The quantitative estimate of drug-likeness (QED) is 0.771. The zero-order chi connectivity index (χ0) is 10.9. The van der Waals surface area contributed by atoms with Gasteiger partial charge in [0.1, 0.15) is 0 Å². The van der Waals surface area contributed by atoms with Gasteiger partial charge in [0.05, 0.1) is 6.10 Å². The molecule has 2 fully saturated rings. The Hall–Kier alpha value is -0.0800. The van der Waals surface area contributed by atoms with Gasteiger partial charge in [0.25, 0.3) is 0 Å². The molecule has 2 unspecified atom stereocenters. The standard InChI is InChI=1S/C13H25NO/c1-3-13(4-2)9-14(10-13)8-11-6-5-7-12(11)15/h11-12,15H,3-10H2,1-2H3. The molecular weight excluding hydrogens is 186 g/mol. The lowest BCUT2D eigenvalue weighted by Crippen LogP contribution is -2.57. The highest BCUT2D eigenvalue weighted by molar-refractivity contribution is 4.94. The van der Waals surface area contributed by atoms with Crippen molar-refractivity contribution in [3.8, 4) is 0 Å². The maximum absolute atomic E-state index is 9.78. The summed E-state index contributed by atoms with van der Waals surface area (Å²) in [6.07, 6.45) is 6.12. The van der Waals surface area contributed by atoms with Crippen molar-refractivity contribution >= 4 is 0 Å². The lowest BCUT2D eigenvalue weighted by molar-refractivity contribution is -0.0276. The monoisotopic (exact) mass is 211 g/mol. The van der Waals surface area contributed by atoms with Crippen molar-refractivity contribution in [2.24, 2.45) is 11.3 Å². The van der Waals surface area contributed by atoms with Crippen molar-refractivity contribution in [3.05, 3.63) is 0 Å². The van der Waals surface area contributed by atoms with Gasteiger partial charge in [-0.2, -0.15) is 0 Å². The van der Waals surface area contributed by atoms with Crippen molar-refractivity contribution in [1.82, 2.24) is 4.90 Å². The molecule has 15 heavy (non-hydrogen) atoms. The molecule has 1 saturated carbocycles. The van der Waals surface area contributed by atoms with Crippen LogP contribution < -0.4 is 0 Å². The summed E-state index contributed by atoms with van der Waals surface area (Å²) in [5, 5.41) is 9.78. The van der Waals surface area contributed by atoms with Crippen molar-refractivity contribution in [3.63, 3.8) is 0 Å². The van der Waals surface area contributed by atoms with E-state index in [-0.39, 0.29) is 6.10 Å². The Labute approximate surface area is 93.7 Å². The Balaban J connectivity index is 1.75. The number of hydrogen-bond acceptors (Lipinski definition) is 2. The Morgan fingerprint density at radius 3 is 2.33 bits per heavy atom. The molecule has 2 atom stereocenters. The predicted octanol–water partition coefficient (Wildman–Crippen LogP) is 2.27. The summed E-state index contributed by atoms with van der Waals surface area (Å²) in [5.74, 6) is 0.566. The van der Waals surface area contributed by atoms with Crippen LogP contribution in [0.25, 0.3) is 0 Å². The highest BCUT2D eigenvalue weighted by atomic mass is 16.3. The molecule has 0 aromatic carbocycles. The second-order valence-corrected chi connectivity index (χ2v) is 5.64. The second kappa shape index (κ2) is 4.42. The minimum absolute atomic E-state index is 0.0109. The number of aliphatic hydroxyl groups excluding tert-OH is 1. The Morgan fingerprint density at radius 2 is 1.87 bits per heavy atom. The van der Waals surface area contributed by atoms with E-state index in [0.29, 0.717) is 11.3 Å². The third kappa shape index (κ3) is 2.21. The maximum atomic E-state index is 9.78. The summed E-state index contributed by atoms with van der Waals surface area (Å²) in [6, 6.07) is 0. The minimum Gasteiger partial charge on any atom is -0.393 e. The van der Waals surface area contributed by atoms with Gasteiger partial charge in [-0.15, -0.1) is 0 Å². The number of likely N-dealkylation sites (tertiary alicyclic amines) is 1. The van der Waals surface area contributed by atoms with Crippen molar-refractivity contribution in [1.29, 1.82) is 0 Å². The van der Waals surface area contributed by atoms with Crippen LogP contribution in [0.1, 0.15) is 46.0 Å². The van der Waals surface area contributed by atoms with E-state index in [1.54, 1.807) is 0 Å². The van der Waals surface area contributed by atoms with Crippen LogP contribution in [-0.4, -0.2) is 35.7 Å². The first-order chi connectivity index (χ1) is 7.19. The summed E-state index contributed by atoms with van der Waals surface area (Å²) in [4.78, 5) is 2.55. The molecule has 1 saturated heterocycles. The van der Waals surface area contributed by atoms with Gasteiger partial charge in [-0.25, -0.2) is 0 Å². The van der Waals surface area contributed by atoms with Gasteiger partial charge in [0, 0.05) is 19.6 Å². The van der Waals surface area contributed by atoms with Crippen LogP contribution in [0.15, 0.2) is 0 Å². The summed E-state index contributed by atoms with van der Waals surface area (Å²) >= 11 is 0. The number of rotatable bonds is 4. The van der Waals surface area contributed by atoms with Crippen molar-refractivity contribution < 1.29 is 5.11 Å². The first-order valence-electron chi connectivity index (χ1n) is 6.59. The maximum Gasteiger partial charge on any atom is 0.0580 e. The van der Waals surface area contributed by atoms with Crippen LogP contribution in [0.4, 0.5) is 0 Å². The largest absolute Gasteiger partial charge is 0.393 e. The fourth-order valence-corrected chi connectivity index (χ4v) is 3.29. The molecule has 2 nitrogen and oxygen atoms in total. The summed E-state index contributed by atoms with van der Waals surface area (Å²) in [6.45, 7) is 8.30. The molecular formula is C13H25NO. The van der Waals surface area contributed by atoms with Crippen LogP contribution in [0.5, 0.6) is 0 Å². The van der Waals surface area contributed by atoms with E-state index in [4.69, 9.17) is 0 Å². The zero-order valence-electron chi connectivity index (χ0n) is 10.2. The van der Waals surface area contributed by atoms with Crippen LogP contribution in [0.2, 0.25) is 0 Å². The molecule has 0 aromatic heterocycles. The van der Waals surface area contributed by atoms with E-state index in [2.05, 4.69) is 18.7 Å². The van der Waals surface area contributed by atoms with E-state index >= 15 is 0 Å². The third-order valence-corrected chi connectivity index (χ3v) is 4.73. The summed E-state index contributed by atoms with van der Waals surface area (Å²) in [5.41, 5.74) is 0.615. The van der Waals surface area contributed by atoms with Gasteiger partial charge in [-0.3, -0.25) is 0 Å². The molecule has 1 N–H and O–H groups in total. The highest BCUT2D eigenvalue weighted by Crippen LogP contribution is 2.38. The Bertz CT molecular complexity index is 205. The molecule has 0 bridgehead atoms. The number of hydrogen-bond donors (Lipinski definition) is 1. The van der Waals surface area contributed by atoms with Gasteiger partial charge in [-0.1, -0.05) is 20.3 Å². The SMILES string of the molecule is CCC1(CC)CN(CC2CCCC2O)C1. The minimum atomic E-state index is -0.0109. The number of nitrogens with zero attached hydrogens (tertiary/aromatic N) is 1. The summed E-state index contributed by atoms with van der Waals surface area (Å²) < 4.78 is 0. The first-order valence-corrected chi connectivity index (χ1v) is 6.59. The highest BCUT2D eigenvalue weighted by Gasteiger charge is 2.41. The fraction of sp³-hybridized carbons (Fsp3) is 1.00. The Morgan fingerprint density at radius 1 is 1.20 bits per heavy atom. The van der Waals surface area contributed by atoms with Crippen LogP contribution in [-0.2, 0) is 0 Å². The lowest BCUT2D eigenvalue weighted by Gasteiger charge is -2.51. The molecule has 1 heterocycles. The Kier molecular flexibility index (Phi) is 3.36. The molecule has 0 amide bonds. The van der Waals surface area contributed by atoms with E-state index < -0.39 is 0 Å². The first kappa shape index (κ1) is 11.4. The molecule has 2 rings (SSSR count). The van der Waals surface area contributed by atoms with Crippen LogP contribution in [0.3, 0.4) is 0 Å². The molecule has 2 heteroatoms. The van der Waals surface area contributed by atoms with E-state index in [1.165, 1.54) is 38.8 Å². The van der Waals surface area contributed by atoms with E-state index in [1.807, 2.05) is 0 Å². The molecule has 1 aliphatic carbocycles. The van der Waals surface area contributed by atoms with Crippen LogP contribution in [0, 0.1) is 11.3 Å². The average Bonchev–Trinajstić information content (AvgIpc) is 2.57.